The van der Waals surface area contributed by atoms with Crippen LogP contribution >= 0.6 is 0 Å². The Morgan fingerprint density at radius 3 is 1.64 bits per heavy atom. The quantitative estimate of drug-likeness (QED) is 0.499. The van der Waals surface area contributed by atoms with Crippen LogP contribution in [-0.2, 0) is 9.53 Å². The molecule has 5 nitrogen and oxygen atoms in total. The number of amides is 2. The molecule has 0 saturated carbocycles. The zero-order valence-electron chi connectivity index (χ0n) is 16.6. The fourth-order valence-corrected chi connectivity index (χ4v) is 2.24. The van der Waals surface area contributed by atoms with Gasteiger partial charge >= 0.3 is 30.2 Å². The molecule has 0 saturated heterocycles. The van der Waals surface area contributed by atoms with E-state index in [4.69, 9.17) is 0 Å². The number of ether oxygens (including phenoxy) is 1. The highest BCUT2D eigenvalue weighted by Crippen LogP contribution is 2.51. The van der Waals surface area contributed by atoms with Crippen molar-refractivity contribution >= 4 is 17.5 Å². The van der Waals surface area contributed by atoms with Crippen LogP contribution in [0.25, 0.3) is 0 Å². The van der Waals surface area contributed by atoms with Crippen LogP contribution in [0.3, 0.4) is 0 Å². The minimum atomic E-state index is -7.28. The Morgan fingerprint density at radius 2 is 1.27 bits per heavy atom. The van der Waals surface area contributed by atoms with E-state index in [2.05, 4.69) is 4.74 Å². The molecule has 0 aliphatic carbocycles. The molecule has 1 aromatic carbocycles. The first kappa shape index (κ1) is 28.4. The lowest BCUT2D eigenvalue weighted by Gasteiger charge is -2.34. The van der Waals surface area contributed by atoms with Crippen molar-refractivity contribution < 1.29 is 62.6 Å². The molecule has 1 N–H and O–H groups in total. The lowest BCUT2D eigenvalue weighted by Crippen LogP contribution is -2.62. The Kier molecular flexibility index (Phi) is 8.00. The van der Waals surface area contributed by atoms with Gasteiger partial charge in [-0.15, -0.1) is 0 Å². The summed E-state index contributed by atoms with van der Waals surface area (Å²) < 4.78 is 144. The van der Waals surface area contributed by atoms with Crippen LogP contribution in [-0.4, -0.2) is 60.0 Å². The fraction of sp³-hybridized carbons (Fsp3) is 0.529. The largest absolute Gasteiger partial charge is 0.462 e. The van der Waals surface area contributed by atoms with Gasteiger partial charge < -0.3 is 10.2 Å². The lowest BCUT2D eigenvalue weighted by atomic mass is 10.1. The first-order valence-corrected chi connectivity index (χ1v) is 8.74. The number of benzene rings is 1. The second kappa shape index (κ2) is 9.30. The van der Waals surface area contributed by atoms with Crippen molar-refractivity contribution in [1.82, 2.24) is 4.90 Å². The third-order valence-corrected chi connectivity index (χ3v) is 4.09. The molecular weight excluding hydrogens is 489 g/mol. The number of rotatable bonds is 8. The highest BCUT2D eigenvalue weighted by Gasteiger charge is 2.79. The number of nitrogens with zero attached hydrogens (tertiary/aromatic N) is 1. The molecule has 0 fully saturated rings. The molecule has 1 atom stereocenters. The highest BCUT2D eigenvalue weighted by atomic mass is 19.4. The first-order chi connectivity index (χ1) is 14.7. The van der Waals surface area contributed by atoms with Gasteiger partial charge in [-0.2, -0.15) is 48.3 Å². The predicted molar refractivity (Wildman–Crippen MR) is 89.3 cm³/mol. The molecule has 16 heteroatoms. The van der Waals surface area contributed by atoms with Crippen molar-refractivity contribution in [2.24, 2.45) is 0 Å². The number of carbonyl (C=O) groups excluding carboxylic acids is 2. The summed E-state index contributed by atoms with van der Waals surface area (Å²) >= 11 is 0. The molecule has 0 bridgehead atoms. The van der Waals surface area contributed by atoms with E-state index in [-0.39, 0.29) is 18.7 Å². The summed E-state index contributed by atoms with van der Waals surface area (Å²) in [5.41, 5.74) is -0.802. The van der Waals surface area contributed by atoms with Gasteiger partial charge in [0.05, 0.1) is 0 Å². The standard InChI is InChI=1S/C17H15F11N2O3/c1-3-30(4-2)11(31)9-5-7-10(8-6-9)29-12(32)13(18,15(21,22)23)33-17(27,28)14(19,20)16(24,25)26/h5-8H,3-4H2,1-2H3,(H,29,32)/t13-/m0/s1. The summed E-state index contributed by atoms with van der Waals surface area (Å²) in [6.45, 7) is 3.81. The SMILES string of the molecule is CCN(CC)C(=O)c1ccc(NC(=O)[C@](F)(OC(F)(F)C(F)(F)C(F)(F)F)C(F)(F)F)cc1. The highest BCUT2D eigenvalue weighted by molar-refractivity contribution is 5.98. The van der Waals surface area contributed by atoms with Crippen LogP contribution in [0, 0.1) is 0 Å². The van der Waals surface area contributed by atoms with Crippen molar-refractivity contribution in [1.29, 1.82) is 0 Å². The van der Waals surface area contributed by atoms with Gasteiger partial charge in [-0.3, -0.25) is 14.3 Å². The number of anilines is 1. The van der Waals surface area contributed by atoms with Gasteiger partial charge in [0.25, 0.3) is 11.8 Å². The average Bonchev–Trinajstić information content (AvgIpc) is 2.67. The van der Waals surface area contributed by atoms with E-state index in [0.29, 0.717) is 0 Å². The lowest BCUT2D eigenvalue weighted by molar-refractivity contribution is -0.472. The minimum Gasteiger partial charge on any atom is -0.339 e. The number of hydrogen-bond acceptors (Lipinski definition) is 3. The van der Waals surface area contributed by atoms with E-state index in [0.717, 1.165) is 29.6 Å². The summed E-state index contributed by atoms with van der Waals surface area (Å²) in [7, 11) is 0. The van der Waals surface area contributed by atoms with Gasteiger partial charge in [0.2, 0.25) is 0 Å². The molecule has 0 heterocycles. The Morgan fingerprint density at radius 1 is 0.818 bits per heavy atom. The van der Waals surface area contributed by atoms with Gasteiger partial charge in [-0.1, -0.05) is 0 Å². The van der Waals surface area contributed by atoms with Crippen molar-refractivity contribution in [3.8, 4) is 0 Å². The molecular formula is C17H15F11N2O3. The number of hydrogen-bond donors (Lipinski definition) is 1. The zero-order valence-corrected chi connectivity index (χ0v) is 16.6. The van der Waals surface area contributed by atoms with E-state index in [1.807, 2.05) is 0 Å². The summed E-state index contributed by atoms with van der Waals surface area (Å²) in [6, 6.07) is 3.34. The Bertz CT molecular complexity index is 849. The van der Waals surface area contributed by atoms with Crippen LogP contribution < -0.4 is 5.32 Å². The van der Waals surface area contributed by atoms with E-state index < -0.39 is 47.7 Å². The summed E-state index contributed by atoms with van der Waals surface area (Å²) in [5.74, 6) is -17.3. The monoisotopic (exact) mass is 504 g/mol. The molecule has 0 unspecified atom stereocenters. The van der Waals surface area contributed by atoms with Crippen LogP contribution in [0.5, 0.6) is 0 Å². The van der Waals surface area contributed by atoms with E-state index >= 15 is 0 Å². The van der Waals surface area contributed by atoms with Crippen molar-refractivity contribution in [2.75, 3.05) is 18.4 Å². The second-order valence-corrected chi connectivity index (χ2v) is 6.29. The molecule has 2 amide bonds. The minimum absolute atomic E-state index is 0.0494. The average molecular weight is 504 g/mol. The Balaban J connectivity index is 3.23. The topological polar surface area (TPSA) is 58.6 Å². The Hall–Kier alpha value is -2.65. The van der Waals surface area contributed by atoms with Gasteiger partial charge in [0.15, 0.2) is 0 Å². The third kappa shape index (κ3) is 5.65. The van der Waals surface area contributed by atoms with Gasteiger partial charge in [0.1, 0.15) is 0 Å². The molecule has 188 valence electrons. The number of alkyl halides is 11. The molecule has 33 heavy (non-hydrogen) atoms. The number of carbonyl (C=O) groups is 2. The number of nitrogens with one attached hydrogen (secondary N) is 1. The number of halogens is 11. The molecule has 1 rings (SSSR count). The molecule has 0 aliphatic rings. The molecule has 0 spiro atoms. The van der Waals surface area contributed by atoms with E-state index in [1.165, 1.54) is 4.90 Å². The molecule has 0 radical (unpaired) electrons. The van der Waals surface area contributed by atoms with Crippen molar-refractivity contribution in [2.45, 2.75) is 44.1 Å². The summed E-state index contributed by atoms with van der Waals surface area (Å²) in [6.07, 6.45) is -21.1. The van der Waals surface area contributed by atoms with Crippen LogP contribution in [0.1, 0.15) is 24.2 Å². The van der Waals surface area contributed by atoms with Crippen LogP contribution in [0.4, 0.5) is 54.0 Å². The summed E-state index contributed by atoms with van der Waals surface area (Å²) in [5, 5.41) is 1.08. The second-order valence-electron chi connectivity index (χ2n) is 6.29. The first-order valence-electron chi connectivity index (χ1n) is 8.74. The Labute approximate surface area is 178 Å². The normalized spacial score (nSPS) is 15.1. The third-order valence-electron chi connectivity index (χ3n) is 4.09. The fourth-order valence-electron chi connectivity index (χ4n) is 2.24. The van der Waals surface area contributed by atoms with Crippen LogP contribution in [0.2, 0.25) is 0 Å². The van der Waals surface area contributed by atoms with Crippen molar-refractivity contribution in [3.63, 3.8) is 0 Å². The maximum Gasteiger partial charge on any atom is 0.462 e. The smallest absolute Gasteiger partial charge is 0.339 e. The maximum atomic E-state index is 14.2. The van der Waals surface area contributed by atoms with Crippen molar-refractivity contribution in [3.05, 3.63) is 29.8 Å². The van der Waals surface area contributed by atoms with Gasteiger partial charge in [-0.05, 0) is 38.1 Å². The van der Waals surface area contributed by atoms with Crippen LogP contribution in [0.15, 0.2) is 24.3 Å². The van der Waals surface area contributed by atoms with Gasteiger partial charge in [-0.25, -0.2) is 0 Å². The van der Waals surface area contributed by atoms with Gasteiger partial charge in [0, 0.05) is 24.3 Å². The molecule has 1 aromatic rings. The van der Waals surface area contributed by atoms with E-state index in [9.17, 15) is 57.9 Å². The predicted octanol–water partition coefficient (Wildman–Crippen LogP) is 5.14. The summed E-state index contributed by atoms with van der Waals surface area (Å²) in [4.78, 5) is 25.1. The zero-order chi connectivity index (χ0) is 26.0. The van der Waals surface area contributed by atoms with E-state index in [1.54, 1.807) is 13.8 Å². The molecule has 0 aliphatic heterocycles. The molecule has 0 aromatic heterocycles. The maximum absolute atomic E-state index is 14.2.